The summed E-state index contributed by atoms with van der Waals surface area (Å²) in [6.45, 7) is 11.2. The van der Waals surface area contributed by atoms with Crippen LogP contribution >= 0.6 is 0 Å². The average molecular weight is 311 g/mol. The third-order valence-corrected chi connectivity index (χ3v) is 6.19. The van der Waals surface area contributed by atoms with Crippen molar-refractivity contribution in [3.63, 3.8) is 0 Å². The number of aryl methyl sites for hydroxylation is 3. The van der Waals surface area contributed by atoms with Crippen LogP contribution in [0.3, 0.4) is 0 Å². The minimum atomic E-state index is -1.36. The lowest BCUT2D eigenvalue weighted by atomic mass is 10.0. The maximum atomic E-state index is 5.90. The second-order valence-corrected chi connectivity index (χ2v) is 12.1. The van der Waals surface area contributed by atoms with Gasteiger partial charge in [-0.05, 0) is 23.7 Å². The van der Waals surface area contributed by atoms with E-state index in [4.69, 9.17) is 4.42 Å². The van der Waals surface area contributed by atoms with E-state index < -0.39 is 8.07 Å². The topological polar surface area (TPSA) is 29.9 Å². The van der Waals surface area contributed by atoms with Crippen LogP contribution in [0.25, 0.3) is 22.4 Å². The van der Waals surface area contributed by atoms with Gasteiger partial charge in [-0.2, -0.15) is 0 Å². The van der Waals surface area contributed by atoms with Crippen molar-refractivity contribution in [3.05, 3.63) is 41.9 Å². The summed E-state index contributed by atoms with van der Waals surface area (Å²) in [5, 5.41) is 1.45. The predicted octanol–water partition coefficient (Wildman–Crippen LogP) is 3.48. The Labute approximate surface area is 132 Å². The van der Waals surface area contributed by atoms with Crippen molar-refractivity contribution < 1.29 is 8.98 Å². The molecule has 0 bridgehead atoms. The van der Waals surface area contributed by atoms with Crippen LogP contribution in [0.15, 0.2) is 34.9 Å². The van der Waals surface area contributed by atoms with E-state index in [-0.39, 0.29) is 0 Å². The van der Waals surface area contributed by atoms with Gasteiger partial charge in [0.1, 0.15) is 12.6 Å². The lowest BCUT2D eigenvalue weighted by molar-refractivity contribution is -0.660. The SMILES string of the molecule is Cc1nc2ccc(C)c(-c3cc([Si](C)(C)C)cc[n+]3C)c2o1. The molecule has 0 aliphatic heterocycles. The first-order valence-corrected chi connectivity index (χ1v) is 11.1. The maximum absolute atomic E-state index is 5.90. The summed E-state index contributed by atoms with van der Waals surface area (Å²) in [4.78, 5) is 4.47. The Kier molecular flexibility index (Phi) is 3.44. The smallest absolute Gasteiger partial charge is 0.216 e. The number of aromatic nitrogens is 2. The molecule has 0 N–H and O–H groups in total. The number of fused-ring (bicyclic) bond motifs is 1. The van der Waals surface area contributed by atoms with E-state index in [9.17, 15) is 0 Å². The number of rotatable bonds is 2. The first-order valence-electron chi connectivity index (χ1n) is 7.64. The molecule has 3 rings (SSSR count). The van der Waals surface area contributed by atoms with Crippen LogP contribution in [0.2, 0.25) is 19.6 Å². The third kappa shape index (κ3) is 2.48. The van der Waals surface area contributed by atoms with Gasteiger partial charge in [0.25, 0.3) is 0 Å². The molecule has 2 aromatic heterocycles. The molecule has 114 valence electrons. The Morgan fingerprint density at radius 2 is 1.82 bits per heavy atom. The highest BCUT2D eigenvalue weighted by atomic mass is 28.3. The van der Waals surface area contributed by atoms with Crippen molar-refractivity contribution in [3.8, 4) is 11.3 Å². The number of benzene rings is 1. The minimum Gasteiger partial charge on any atom is -0.440 e. The Hall–Kier alpha value is -1.94. The Morgan fingerprint density at radius 1 is 1.09 bits per heavy atom. The second-order valence-electron chi connectivity index (χ2n) is 7.00. The molecule has 0 amide bonds. The van der Waals surface area contributed by atoms with Crippen molar-refractivity contribution in [1.82, 2.24) is 4.98 Å². The van der Waals surface area contributed by atoms with Crippen molar-refractivity contribution in [1.29, 1.82) is 0 Å². The fraction of sp³-hybridized carbons (Fsp3) is 0.333. The van der Waals surface area contributed by atoms with Crippen molar-refractivity contribution in [2.45, 2.75) is 33.5 Å². The van der Waals surface area contributed by atoms with E-state index in [1.165, 1.54) is 16.4 Å². The largest absolute Gasteiger partial charge is 0.440 e. The molecule has 3 aromatic rings. The second kappa shape index (κ2) is 5.06. The molecular formula is C18H23N2OSi+. The first-order chi connectivity index (χ1) is 10.3. The van der Waals surface area contributed by atoms with Gasteiger partial charge in [-0.15, -0.1) is 0 Å². The van der Waals surface area contributed by atoms with Gasteiger partial charge < -0.3 is 4.42 Å². The molecule has 0 unspecified atom stereocenters. The third-order valence-electron chi connectivity index (χ3n) is 4.14. The summed E-state index contributed by atoms with van der Waals surface area (Å²) in [5.74, 6) is 0.714. The zero-order valence-electron chi connectivity index (χ0n) is 14.2. The molecule has 2 heterocycles. The summed E-state index contributed by atoms with van der Waals surface area (Å²) in [6.07, 6.45) is 2.16. The molecule has 0 atom stereocenters. The standard InChI is InChI=1S/C18H23N2OSi/c1-12-7-8-15-18(21-13(2)19-15)17(12)16-11-14(22(4,5)6)9-10-20(16)3/h7-11H,1-6H3/q+1. The molecule has 4 heteroatoms. The molecule has 0 aliphatic carbocycles. The van der Waals surface area contributed by atoms with Gasteiger partial charge in [0.2, 0.25) is 5.69 Å². The van der Waals surface area contributed by atoms with Crippen LogP contribution in [-0.2, 0) is 7.05 Å². The normalized spacial score (nSPS) is 12.1. The number of hydrogen-bond donors (Lipinski definition) is 0. The summed E-state index contributed by atoms with van der Waals surface area (Å²) < 4.78 is 8.07. The summed E-state index contributed by atoms with van der Waals surface area (Å²) in [6, 6.07) is 8.73. The van der Waals surface area contributed by atoms with Crippen molar-refractivity contribution in [2.24, 2.45) is 7.05 Å². The highest BCUT2D eigenvalue weighted by Crippen LogP contribution is 2.30. The molecule has 22 heavy (non-hydrogen) atoms. The fourth-order valence-corrected chi connectivity index (χ4v) is 3.95. The van der Waals surface area contributed by atoms with Crippen LogP contribution in [0.4, 0.5) is 0 Å². The molecule has 0 fully saturated rings. The number of nitrogens with zero attached hydrogens (tertiary/aromatic N) is 2. The van der Waals surface area contributed by atoms with Gasteiger partial charge in [0, 0.05) is 19.1 Å². The van der Waals surface area contributed by atoms with Gasteiger partial charge in [-0.3, -0.25) is 0 Å². The fourth-order valence-electron chi connectivity index (χ4n) is 2.80. The van der Waals surface area contributed by atoms with E-state index in [0.717, 1.165) is 16.7 Å². The Balaban J connectivity index is 2.34. The highest BCUT2D eigenvalue weighted by Gasteiger charge is 2.24. The molecule has 1 aromatic carbocycles. The zero-order valence-corrected chi connectivity index (χ0v) is 15.2. The summed E-state index contributed by atoms with van der Waals surface area (Å²) in [5.41, 5.74) is 5.38. The molecule has 0 saturated heterocycles. The van der Waals surface area contributed by atoms with Crippen molar-refractivity contribution >= 4 is 24.4 Å². The number of oxazole rings is 1. The quantitative estimate of drug-likeness (QED) is 0.536. The summed E-state index contributed by atoms with van der Waals surface area (Å²) in [7, 11) is 0.728. The number of hydrogen-bond acceptors (Lipinski definition) is 2. The van der Waals surface area contributed by atoms with Crippen LogP contribution in [0.1, 0.15) is 11.5 Å². The highest BCUT2D eigenvalue weighted by molar-refractivity contribution is 6.88. The zero-order chi connectivity index (χ0) is 16.1. The minimum absolute atomic E-state index is 0.714. The van der Waals surface area contributed by atoms with Gasteiger partial charge in [0.05, 0.1) is 13.6 Å². The van der Waals surface area contributed by atoms with Crippen LogP contribution in [0, 0.1) is 13.8 Å². The van der Waals surface area contributed by atoms with Gasteiger partial charge in [-0.1, -0.05) is 25.7 Å². The lowest BCUT2D eigenvalue weighted by Gasteiger charge is -2.16. The van der Waals surface area contributed by atoms with Crippen molar-refractivity contribution in [2.75, 3.05) is 0 Å². The molecule has 0 saturated carbocycles. The van der Waals surface area contributed by atoms with Gasteiger partial charge >= 0.3 is 0 Å². The van der Waals surface area contributed by atoms with Crippen LogP contribution in [-0.4, -0.2) is 13.1 Å². The average Bonchev–Trinajstić information content (AvgIpc) is 2.79. The molecule has 0 radical (unpaired) electrons. The van der Waals surface area contributed by atoms with Crippen LogP contribution in [0.5, 0.6) is 0 Å². The molecule has 0 aliphatic rings. The molecule has 0 spiro atoms. The van der Waals surface area contributed by atoms with Gasteiger partial charge in [-0.25, -0.2) is 9.55 Å². The van der Waals surface area contributed by atoms with Gasteiger partial charge in [0.15, 0.2) is 17.7 Å². The molecular weight excluding hydrogens is 288 g/mol. The van der Waals surface area contributed by atoms with Crippen LogP contribution < -0.4 is 9.75 Å². The first kappa shape index (κ1) is 15.0. The molecule has 3 nitrogen and oxygen atoms in total. The van der Waals surface area contributed by atoms with E-state index in [1.54, 1.807) is 0 Å². The Morgan fingerprint density at radius 3 is 2.50 bits per heavy atom. The monoisotopic (exact) mass is 311 g/mol. The summed E-state index contributed by atoms with van der Waals surface area (Å²) >= 11 is 0. The predicted molar refractivity (Wildman–Crippen MR) is 93.1 cm³/mol. The lowest BCUT2D eigenvalue weighted by Crippen LogP contribution is -2.42. The van der Waals surface area contributed by atoms with E-state index in [1.807, 2.05) is 13.0 Å². The number of pyridine rings is 1. The van der Waals surface area contributed by atoms with E-state index >= 15 is 0 Å². The van der Waals surface area contributed by atoms with E-state index in [2.05, 4.69) is 67.6 Å². The van der Waals surface area contributed by atoms with E-state index in [0.29, 0.717) is 5.89 Å². The maximum Gasteiger partial charge on any atom is 0.216 e. The Bertz CT molecular complexity index is 859.